The predicted octanol–water partition coefficient (Wildman–Crippen LogP) is 1.58. The van der Waals surface area contributed by atoms with E-state index in [1.54, 1.807) is 5.01 Å². The molecule has 2 nitrogen and oxygen atoms in total. The van der Waals surface area contributed by atoms with Gasteiger partial charge in [0.25, 0.3) is 0 Å². The fourth-order valence-electron chi connectivity index (χ4n) is 1.44. The molecule has 1 aliphatic heterocycles. The Kier molecular flexibility index (Phi) is 1.51. The summed E-state index contributed by atoms with van der Waals surface area (Å²) in [6.07, 6.45) is 1.01. The Bertz CT molecular complexity index is 285. The van der Waals surface area contributed by atoms with Crippen LogP contribution in [-0.4, -0.2) is 6.54 Å². The first-order chi connectivity index (χ1) is 5.29. The van der Waals surface area contributed by atoms with Gasteiger partial charge in [0.05, 0.1) is 10.7 Å². The van der Waals surface area contributed by atoms with Crippen LogP contribution in [0.5, 0.6) is 0 Å². The first-order valence-electron chi connectivity index (χ1n) is 3.58. The number of fused-ring (bicyclic) bond motifs is 1. The number of nitrogens with zero attached hydrogens (tertiary/aromatic N) is 1. The van der Waals surface area contributed by atoms with Crippen LogP contribution < -0.4 is 10.9 Å². The zero-order chi connectivity index (χ0) is 7.84. The van der Waals surface area contributed by atoms with E-state index < -0.39 is 0 Å². The molecule has 11 heavy (non-hydrogen) atoms. The number of hydrogen-bond donors (Lipinski definition) is 1. The molecule has 0 radical (unpaired) electrons. The van der Waals surface area contributed by atoms with Crippen molar-refractivity contribution in [2.75, 3.05) is 11.6 Å². The van der Waals surface area contributed by atoms with Gasteiger partial charge in [-0.3, -0.25) is 0 Å². The smallest absolute Gasteiger partial charge is 0.0736 e. The van der Waals surface area contributed by atoms with Gasteiger partial charge in [-0.25, -0.2) is 5.84 Å². The maximum atomic E-state index is 5.94. The molecule has 0 unspecified atom stereocenters. The minimum absolute atomic E-state index is 0.752. The molecule has 0 saturated carbocycles. The van der Waals surface area contributed by atoms with Crippen molar-refractivity contribution in [1.29, 1.82) is 0 Å². The molecule has 2 rings (SSSR count). The van der Waals surface area contributed by atoms with Crippen molar-refractivity contribution in [1.82, 2.24) is 0 Å². The van der Waals surface area contributed by atoms with Crippen LogP contribution in [0.4, 0.5) is 5.69 Å². The molecule has 1 heterocycles. The maximum Gasteiger partial charge on any atom is 0.0736 e. The van der Waals surface area contributed by atoms with Gasteiger partial charge in [0.2, 0.25) is 0 Å². The van der Waals surface area contributed by atoms with Crippen molar-refractivity contribution < 1.29 is 0 Å². The third-order valence-electron chi connectivity index (χ3n) is 1.98. The summed E-state index contributed by atoms with van der Waals surface area (Å²) in [5.74, 6) is 5.70. The number of hydrazine groups is 1. The van der Waals surface area contributed by atoms with Crippen LogP contribution in [0.15, 0.2) is 18.2 Å². The Morgan fingerprint density at radius 2 is 2.27 bits per heavy atom. The fourth-order valence-corrected chi connectivity index (χ4v) is 1.74. The maximum absolute atomic E-state index is 5.94. The van der Waals surface area contributed by atoms with E-state index in [0.717, 1.165) is 23.7 Å². The van der Waals surface area contributed by atoms with Crippen molar-refractivity contribution in [3.05, 3.63) is 28.8 Å². The lowest BCUT2D eigenvalue weighted by Crippen LogP contribution is -2.28. The average molecular weight is 169 g/mol. The molecule has 1 aromatic carbocycles. The lowest BCUT2D eigenvalue weighted by Gasteiger charge is -2.12. The second kappa shape index (κ2) is 2.40. The summed E-state index contributed by atoms with van der Waals surface area (Å²) in [5, 5.41) is 2.46. The van der Waals surface area contributed by atoms with Gasteiger partial charge in [-0.2, -0.15) is 0 Å². The normalized spacial score (nSPS) is 15.3. The van der Waals surface area contributed by atoms with E-state index in [-0.39, 0.29) is 0 Å². The molecule has 0 fully saturated rings. The Morgan fingerprint density at radius 3 is 3.00 bits per heavy atom. The number of benzene rings is 1. The van der Waals surface area contributed by atoms with E-state index in [9.17, 15) is 0 Å². The zero-order valence-corrected chi connectivity index (χ0v) is 6.80. The van der Waals surface area contributed by atoms with E-state index in [2.05, 4.69) is 6.07 Å². The van der Waals surface area contributed by atoms with E-state index in [1.165, 1.54) is 5.56 Å². The number of halogens is 1. The van der Waals surface area contributed by atoms with Crippen molar-refractivity contribution >= 4 is 17.3 Å². The third kappa shape index (κ3) is 0.988. The van der Waals surface area contributed by atoms with Crippen LogP contribution in [-0.2, 0) is 6.42 Å². The summed E-state index contributed by atoms with van der Waals surface area (Å²) in [6, 6.07) is 5.89. The van der Waals surface area contributed by atoms with Gasteiger partial charge in [-0.05, 0) is 18.1 Å². The van der Waals surface area contributed by atoms with E-state index in [1.807, 2.05) is 12.1 Å². The predicted molar refractivity (Wildman–Crippen MR) is 46.7 cm³/mol. The van der Waals surface area contributed by atoms with Gasteiger partial charge < -0.3 is 5.01 Å². The molecule has 0 saturated heterocycles. The van der Waals surface area contributed by atoms with Crippen molar-refractivity contribution in [2.24, 2.45) is 5.84 Å². The summed E-state index contributed by atoms with van der Waals surface area (Å²) in [6.45, 7) is 0.874. The summed E-state index contributed by atoms with van der Waals surface area (Å²) in [4.78, 5) is 0. The van der Waals surface area contributed by atoms with E-state index in [0.29, 0.717) is 0 Å². The second-order valence-corrected chi connectivity index (χ2v) is 3.10. The Balaban J connectivity index is 2.58. The van der Waals surface area contributed by atoms with Gasteiger partial charge in [0.15, 0.2) is 0 Å². The molecule has 0 aromatic heterocycles. The Hall–Kier alpha value is -0.730. The zero-order valence-electron chi connectivity index (χ0n) is 6.05. The van der Waals surface area contributed by atoms with Gasteiger partial charge in [-0.1, -0.05) is 23.7 Å². The summed E-state index contributed by atoms with van der Waals surface area (Å²) < 4.78 is 0. The average Bonchev–Trinajstić information content (AvgIpc) is 2.34. The lowest BCUT2D eigenvalue weighted by molar-refractivity contribution is 0.891. The molecule has 0 aliphatic carbocycles. The molecule has 0 spiro atoms. The highest BCUT2D eigenvalue weighted by Gasteiger charge is 2.18. The molecule has 0 bridgehead atoms. The number of hydrogen-bond acceptors (Lipinski definition) is 2. The standard InChI is InChI=1S/C8H9ClN2/c9-7-3-1-2-6-4-5-11(10)8(6)7/h1-3H,4-5,10H2. The topological polar surface area (TPSA) is 29.3 Å². The molecule has 2 N–H and O–H groups in total. The second-order valence-electron chi connectivity index (χ2n) is 2.69. The summed E-state index contributed by atoms with van der Waals surface area (Å²) in [5.41, 5.74) is 2.24. The monoisotopic (exact) mass is 168 g/mol. The third-order valence-corrected chi connectivity index (χ3v) is 2.28. The van der Waals surface area contributed by atoms with Crippen LogP contribution in [0.1, 0.15) is 5.56 Å². The van der Waals surface area contributed by atoms with Crippen molar-refractivity contribution in [3.8, 4) is 0 Å². The number of nitrogens with two attached hydrogens (primary N) is 1. The van der Waals surface area contributed by atoms with E-state index >= 15 is 0 Å². The molecule has 0 amide bonds. The first kappa shape index (κ1) is 6.95. The number of anilines is 1. The van der Waals surface area contributed by atoms with Gasteiger partial charge >= 0.3 is 0 Å². The Labute approximate surface area is 70.5 Å². The highest BCUT2D eigenvalue weighted by molar-refractivity contribution is 6.33. The van der Waals surface area contributed by atoms with Gasteiger partial charge in [0.1, 0.15) is 0 Å². The summed E-state index contributed by atoms with van der Waals surface area (Å²) in [7, 11) is 0. The highest BCUT2D eigenvalue weighted by Crippen LogP contribution is 2.32. The largest absolute Gasteiger partial charge is 0.309 e. The van der Waals surface area contributed by atoms with Gasteiger partial charge in [-0.15, -0.1) is 0 Å². The molecular weight excluding hydrogens is 160 g/mol. The number of para-hydroxylation sites is 1. The van der Waals surface area contributed by atoms with Crippen LogP contribution >= 0.6 is 11.6 Å². The van der Waals surface area contributed by atoms with Crippen molar-refractivity contribution in [3.63, 3.8) is 0 Å². The molecule has 1 aromatic rings. The molecule has 3 heteroatoms. The molecular formula is C8H9ClN2. The number of rotatable bonds is 0. The molecule has 58 valence electrons. The lowest BCUT2D eigenvalue weighted by atomic mass is 10.2. The van der Waals surface area contributed by atoms with Crippen LogP contribution in [0.2, 0.25) is 5.02 Å². The van der Waals surface area contributed by atoms with Crippen LogP contribution in [0.3, 0.4) is 0 Å². The quantitative estimate of drug-likeness (QED) is 0.596. The van der Waals surface area contributed by atoms with E-state index in [4.69, 9.17) is 17.4 Å². The van der Waals surface area contributed by atoms with Crippen molar-refractivity contribution in [2.45, 2.75) is 6.42 Å². The van der Waals surface area contributed by atoms with Crippen LogP contribution in [0.25, 0.3) is 0 Å². The SMILES string of the molecule is NN1CCc2cccc(Cl)c21. The van der Waals surface area contributed by atoms with Crippen LogP contribution in [0, 0.1) is 0 Å². The molecule has 1 aliphatic rings. The highest BCUT2D eigenvalue weighted by atomic mass is 35.5. The molecule has 0 atom stereocenters. The van der Waals surface area contributed by atoms with Gasteiger partial charge in [0, 0.05) is 6.54 Å². The first-order valence-corrected chi connectivity index (χ1v) is 3.96. The fraction of sp³-hybridized carbons (Fsp3) is 0.250. The minimum atomic E-state index is 0.752. The minimum Gasteiger partial charge on any atom is -0.309 e. The summed E-state index contributed by atoms with van der Waals surface area (Å²) >= 11 is 5.94. The Morgan fingerprint density at radius 1 is 1.45 bits per heavy atom.